The zero-order valence-corrected chi connectivity index (χ0v) is 17.1. The van der Waals surface area contributed by atoms with Gasteiger partial charge in [0.1, 0.15) is 5.65 Å². The molecule has 1 amide bonds. The maximum atomic E-state index is 12.4. The van der Waals surface area contributed by atoms with Crippen molar-refractivity contribution in [1.29, 1.82) is 0 Å². The molecule has 3 aromatic rings. The maximum absolute atomic E-state index is 12.4. The zero-order valence-electron chi connectivity index (χ0n) is 17.1. The highest BCUT2D eigenvalue weighted by molar-refractivity contribution is 5.97. The summed E-state index contributed by atoms with van der Waals surface area (Å²) in [5.41, 5.74) is 11.8. The monoisotopic (exact) mass is 429 g/mol. The summed E-state index contributed by atoms with van der Waals surface area (Å²) in [4.78, 5) is 15.9. The van der Waals surface area contributed by atoms with Gasteiger partial charge in [-0.25, -0.2) is 25.1 Å². The van der Waals surface area contributed by atoms with Gasteiger partial charge in [-0.3, -0.25) is 4.79 Å². The molecule has 1 fully saturated rings. The summed E-state index contributed by atoms with van der Waals surface area (Å²) in [6.07, 6.45) is 4.09. The number of hydrogen-bond acceptors (Lipinski definition) is 5. The predicted octanol–water partition coefficient (Wildman–Crippen LogP) is 2.29. The number of hydrazone groups is 1. The lowest BCUT2D eigenvalue weighted by molar-refractivity contribution is -0.124. The predicted molar refractivity (Wildman–Crippen MR) is 116 cm³/mol. The standard InChI is InChI=1S/C15H16N6.C6H9F2NO/c1-10-7-12-5-6-21(15(12)18-9-10)13-4-2-3-11(8-13)14(16)19-20-17;7-6(8)1-3-9(5-10)4-2-6/h2-9,20H,17H2,1H3,(H2,16,19);5H,1-4H2. The number of nitrogens with two attached hydrogens (primary N) is 2. The lowest BCUT2D eigenvalue weighted by Gasteiger charge is -2.28. The van der Waals surface area contributed by atoms with E-state index in [0.717, 1.165) is 27.8 Å². The molecule has 31 heavy (non-hydrogen) atoms. The number of carbonyl (C=O) groups excluding carboxylic acids is 1. The lowest BCUT2D eigenvalue weighted by Crippen LogP contribution is -2.38. The summed E-state index contributed by atoms with van der Waals surface area (Å²) in [6, 6.07) is 11.9. The first-order valence-corrected chi connectivity index (χ1v) is 9.73. The van der Waals surface area contributed by atoms with E-state index < -0.39 is 5.92 Å². The summed E-state index contributed by atoms with van der Waals surface area (Å²) in [5, 5.41) is 4.89. The van der Waals surface area contributed by atoms with Gasteiger partial charge in [0.15, 0.2) is 5.84 Å². The van der Waals surface area contributed by atoms with E-state index in [-0.39, 0.29) is 25.9 Å². The molecule has 1 aromatic carbocycles. The molecule has 1 aliphatic heterocycles. The lowest BCUT2D eigenvalue weighted by atomic mass is 10.1. The molecule has 8 nitrogen and oxygen atoms in total. The Bertz CT molecular complexity index is 1070. The van der Waals surface area contributed by atoms with Gasteiger partial charge in [0.05, 0.1) is 0 Å². The zero-order chi connectivity index (χ0) is 22.4. The minimum absolute atomic E-state index is 0.189. The van der Waals surface area contributed by atoms with Crippen molar-refractivity contribution < 1.29 is 13.6 Å². The highest BCUT2D eigenvalue weighted by Gasteiger charge is 2.33. The molecular formula is C21H25F2N7O. The Kier molecular flexibility index (Phi) is 6.81. The molecule has 10 heteroatoms. The van der Waals surface area contributed by atoms with E-state index in [4.69, 9.17) is 11.6 Å². The fraction of sp³-hybridized carbons (Fsp3) is 0.286. The number of rotatable bonds is 4. The molecule has 0 aliphatic carbocycles. The van der Waals surface area contributed by atoms with Crippen molar-refractivity contribution in [3.05, 3.63) is 59.9 Å². The van der Waals surface area contributed by atoms with Crippen LogP contribution in [0.3, 0.4) is 0 Å². The number of hydrogen-bond donors (Lipinski definition) is 3. The van der Waals surface area contributed by atoms with Crippen molar-refractivity contribution in [2.24, 2.45) is 16.7 Å². The number of nitrogens with zero attached hydrogens (tertiary/aromatic N) is 4. The summed E-state index contributed by atoms with van der Waals surface area (Å²) >= 11 is 0. The van der Waals surface area contributed by atoms with Crippen LogP contribution in [0.5, 0.6) is 0 Å². The second kappa shape index (κ2) is 9.52. The number of carbonyl (C=O) groups is 1. The van der Waals surface area contributed by atoms with Gasteiger partial charge >= 0.3 is 0 Å². The van der Waals surface area contributed by atoms with E-state index in [9.17, 15) is 13.6 Å². The van der Waals surface area contributed by atoms with Crippen LogP contribution in [0.4, 0.5) is 8.78 Å². The number of amidine groups is 1. The number of benzene rings is 1. The molecule has 1 saturated heterocycles. The second-order valence-electron chi connectivity index (χ2n) is 7.29. The average molecular weight is 429 g/mol. The molecule has 164 valence electrons. The van der Waals surface area contributed by atoms with Crippen LogP contribution in [-0.4, -0.2) is 45.7 Å². The van der Waals surface area contributed by atoms with Crippen LogP contribution in [0, 0.1) is 6.92 Å². The molecule has 0 unspecified atom stereocenters. The summed E-state index contributed by atoms with van der Waals surface area (Å²) in [7, 11) is 0. The number of nitrogens with one attached hydrogen (secondary N) is 1. The Labute approximate surface area is 178 Å². The summed E-state index contributed by atoms with van der Waals surface area (Å²) < 4.78 is 26.8. The Morgan fingerprint density at radius 2 is 2.00 bits per heavy atom. The number of aryl methyl sites for hydroxylation is 1. The fourth-order valence-electron chi connectivity index (χ4n) is 3.25. The highest BCUT2D eigenvalue weighted by Crippen LogP contribution is 2.26. The number of alkyl halides is 2. The first-order valence-electron chi connectivity index (χ1n) is 9.73. The molecule has 0 atom stereocenters. The number of aromatic nitrogens is 2. The van der Waals surface area contributed by atoms with Gasteiger partial charge < -0.3 is 15.2 Å². The highest BCUT2D eigenvalue weighted by atomic mass is 19.3. The maximum Gasteiger partial charge on any atom is 0.251 e. The van der Waals surface area contributed by atoms with Crippen molar-refractivity contribution in [1.82, 2.24) is 20.0 Å². The van der Waals surface area contributed by atoms with E-state index in [1.54, 1.807) is 0 Å². The molecular weight excluding hydrogens is 404 g/mol. The molecule has 0 radical (unpaired) electrons. The van der Waals surface area contributed by atoms with E-state index in [0.29, 0.717) is 12.2 Å². The summed E-state index contributed by atoms with van der Waals surface area (Å²) in [6.45, 7) is 2.41. The van der Waals surface area contributed by atoms with Gasteiger partial charge in [-0.15, -0.1) is 5.10 Å². The van der Waals surface area contributed by atoms with Crippen LogP contribution >= 0.6 is 0 Å². The molecule has 1 aliphatic rings. The van der Waals surface area contributed by atoms with Crippen molar-refractivity contribution in [3.8, 4) is 5.69 Å². The normalized spacial score (nSPS) is 15.9. The van der Waals surface area contributed by atoms with Crippen molar-refractivity contribution in [3.63, 3.8) is 0 Å². The third kappa shape index (κ3) is 5.54. The molecule has 2 aromatic heterocycles. The molecule has 4 rings (SSSR count). The van der Waals surface area contributed by atoms with Gasteiger partial charge in [-0.2, -0.15) is 0 Å². The SMILES string of the molecule is Cc1cnc2c(ccn2-c2cccc(/C(N)=N/NN)c2)c1.O=CN1CCC(F)(F)CC1. The van der Waals surface area contributed by atoms with Crippen LogP contribution in [-0.2, 0) is 4.79 Å². The largest absolute Gasteiger partial charge is 0.382 e. The van der Waals surface area contributed by atoms with Crippen molar-refractivity contribution in [2.45, 2.75) is 25.7 Å². The first-order chi connectivity index (χ1) is 14.8. The number of fused-ring (bicyclic) bond motifs is 1. The van der Waals surface area contributed by atoms with E-state index in [1.165, 1.54) is 4.90 Å². The quantitative estimate of drug-likeness (QED) is 0.194. The molecule has 0 saturated carbocycles. The average Bonchev–Trinajstić information content (AvgIpc) is 3.17. The smallest absolute Gasteiger partial charge is 0.251 e. The molecule has 0 spiro atoms. The third-order valence-corrected chi connectivity index (χ3v) is 4.95. The topological polar surface area (TPSA) is 115 Å². The number of pyridine rings is 1. The van der Waals surface area contributed by atoms with Crippen molar-refractivity contribution >= 4 is 23.3 Å². The Balaban J connectivity index is 0.000000229. The van der Waals surface area contributed by atoms with Crippen LogP contribution in [0.2, 0.25) is 0 Å². The first kappa shape index (κ1) is 22.2. The molecule has 3 heterocycles. The fourth-order valence-corrected chi connectivity index (χ4v) is 3.25. The second-order valence-corrected chi connectivity index (χ2v) is 7.29. The van der Waals surface area contributed by atoms with E-state index >= 15 is 0 Å². The van der Waals surface area contributed by atoms with Crippen LogP contribution in [0.1, 0.15) is 24.0 Å². The van der Waals surface area contributed by atoms with Gasteiger partial charge in [0.2, 0.25) is 6.41 Å². The number of amides is 1. The van der Waals surface area contributed by atoms with Gasteiger partial charge in [0, 0.05) is 55.0 Å². The number of hydrazine groups is 1. The minimum Gasteiger partial charge on any atom is -0.382 e. The van der Waals surface area contributed by atoms with Gasteiger partial charge in [-0.05, 0) is 36.8 Å². The Hall–Kier alpha value is -3.53. The number of likely N-dealkylation sites (tertiary alicyclic amines) is 1. The Morgan fingerprint density at radius 3 is 2.68 bits per heavy atom. The van der Waals surface area contributed by atoms with Gasteiger partial charge in [-0.1, -0.05) is 12.1 Å². The molecule has 5 N–H and O–H groups in total. The van der Waals surface area contributed by atoms with Crippen LogP contribution < -0.4 is 17.1 Å². The van der Waals surface area contributed by atoms with Crippen molar-refractivity contribution in [2.75, 3.05) is 13.1 Å². The number of piperidine rings is 1. The van der Waals surface area contributed by atoms with Crippen LogP contribution in [0.15, 0.2) is 53.9 Å². The molecule has 0 bridgehead atoms. The Morgan fingerprint density at radius 1 is 1.26 bits per heavy atom. The third-order valence-electron chi connectivity index (χ3n) is 4.95. The van der Waals surface area contributed by atoms with Gasteiger partial charge in [0.25, 0.3) is 5.92 Å². The minimum atomic E-state index is -2.54. The number of halogens is 2. The van der Waals surface area contributed by atoms with E-state index in [2.05, 4.69) is 21.7 Å². The van der Waals surface area contributed by atoms with Crippen LogP contribution in [0.25, 0.3) is 16.7 Å². The van der Waals surface area contributed by atoms with E-state index in [1.807, 2.05) is 54.2 Å². The summed E-state index contributed by atoms with van der Waals surface area (Å²) in [5.74, 6) is 2.95.